The Kier molecular flexibility index (Phi) is 7.80. The number of rotatable bonds is 5. The second-order valence-electron chi connectivity index (χ2n) is 8.82. The summed E-state index contributed by atoms with van der Waals surface area (Å²) in [5.41, 5.74) is -0.582. The fourth-order valence-electron chi connectivity index (χ4n) is 4.14. The van der Waals surface area contributed by atoms with Crippen molar-refractivity contribution in [2.24, 2.45) is 4.99 Å². The van der Waals surface area contributed by atoms with E-state index in [9.17, 15) is 18.0 Å². The maximum absolute atomic E-state index is 13.5. The predicted octanol–water partition coefficient (Wildman–Crippen LogP) is 5.37. The van der Waals surface area contributed by atoms with Gasteiger partial charge < -0.3 is 19.3 Å². The van der Waals surface area contributed by atoms with Crippen molar-refractivity contribution in [1.82, 2.24) is 9.80 Å². The van der Waals surface area contributed by atoms with Gasteiger partial charge in [0.05, 0.1) is 29.2 Å². The van der Waals surface area contributed by atoms with Gasteiger partial charge in [-0.3, -0.25) is 4.79 Å². The first-order chi connectivity index (χ1) is 17.6. The molecule has 0 N–H and O–H groups in total. The number of thioether (sulfide) groups is 1. The molecule has 0 bridgehead atoms. The minimum absolute atomic E-state index is 0.0611. The number of halogens is 3. The van der Waals surface area contributed by atoms with Gasteiger partial charge in [-0.05, 0) is 80.7 Å². The summed E-state index contributed by atoms with van der Waals surface area (Å²) < 4.78 is 51.4. The lowest BCUT2D eigenvalue weighted by Gasteiger charge is -2.35. The number of methoxy groups -OCH3 is 1. The van der Waals surface area contributed by atoms with Crippen molar-refractivity contribution in [1.29, 1.82) is 5.26 Å². The van der Waals surface area contributed by atoms with Crippen LogP contribution in [0.25, 0.3) is 6.08 Å². The largest absolute Gasteiger partial charge is 0.493 e. The molecule has 0 atom stereocenters. The molecule has 0 saturated carbocycles. The Labute approximate surface area is 217 Å². The summed E-state index contributed by atoms with van der Waals surface area (Å²) in [4.78, 5) is 21.6. The first kappa shape index (κ1) is 26.6. The van der Waals surface area contributed by atoms with Crippen LogP contribution in [0.15, 0.2) is 46.3 Å². The molecular formula is C26H25F3N4O3S. The molecule has 0 aromatic heterocycles. The molecule has 2 aromatic rings. The molecule has 2 aliphatic rings. The maximum Gasteiger partial charge on any atom is 0.420 e. The van der Waals surface area contributed by atoms with Gasteiger partial charge in [0.1, 0.15) is 5.75 Å². The summed E-state index contributed by atoms with van der Waals surface area (Å²) >= 11 is 1.31. The van der Waals surface area contributed by atoms with E-state index in [0.29, 0.717) is 21.7 Å². The van der Waals surface area contributed by atoms with Crippen LogP contribution < -0.4 is 9.47 Å². The smallest absolute Gasteiger partial charge is 0.420 e. The van der Waals surface area contributed by atoms with Gasteiger partial charge in [-0.25, -0.2) is 0 Å². The Hall–Kier alpha value is -3.49. The normalized spacial score (nSPS) is 17.8. The third kappa shape index (κ3) is 6.09. The summed E-state index contributed by atoms with van der Waals surface area (Å²) in [6.45, 7) is 1.65. The van der Waals surface area contributed by atoms with Crippen LogP contribution in [0, 0.1) is 11.3 Å². The van der Waals surface area contributed by atoms with Gasteiger partial charge in [-0.1, -0.05) is 6.07 Å². The minimum Gasteiger partial charge on any atom is -0.493 e. The topological polar surface area (TPSA) is 78.2 Å². The van der Waals surface area contributed by atoms with Crippen LogP contribution in [0.4, 0.5) is 13.2 Å². The van der Waals surface area contributed by atoms with Crippen LogP contribution >= 0.6 is 11.8 Å². The third-order valence-electron chi connectivity index (χ3n) is 6.19. The molecule has 4 rings (SSSR count). The third-order valence-corrected chi connectivity index (χ3v) is 7.24. The molecule has 2 aromatic carbocycles. The van der Waals surface area contributed by atoms with Gasteiger partial charge in [0.2, 0.25) is 0 Å². The molecule has 37 heavy (non-hydrogen) atoms. The van der Waals surface area contributed by atoms with Crippen molar-refractivity contribution in [3.05, 3.63) is 58.0 Å². The van der Waals surface area contributed by atoms with Crippen LogP contribution in [-0.4, -0.2) is 61.2 Å². The zero-order chi connectivity index (χ0) is 26.7. The summed E-state index contributed by atoms with van der Waals surface area (Å²) in [6.07, 6.45) is -1.05. The monoisotopic (exact) mass is 530 g/mol. The Bertz CT molecular complexity index is 1290. The van der Waals surface area contributed by atoms with Crippen LogP contribution in [0.1, 0.15) is 29.5 Å². The molecule has 2 heterocycles. The number of carbonyl (C=O) groups excluding carboxylic acids is 1. The average Bonchev–Trinajstić information content (AvgIpc) is 3.24. The number of piperidine rings is 1. The molecule has 1 fully saturated rings. The fourth-order valence-corrected chi connectivity index (χ4v) is 5.11. The van der Waals surface area contributed by atoms with Crippen molar-refractivity contribution in [3.8, 4) is 23.3 Å². The van der Waals surface area contributed by atoms with E-state index in [4.69, 9.17) is 14.7 Å². The number of nitriles is 1. The molecule has 0 spiro atoms. The number of ether oxygens (including phenoxy) is 2. The summed E-state index contributed by atoms with van der Waals surface area (Å²) in [6, 6.07) is 9.97. The van der Waals surface area contributed by atoms with Crippen molar-refractivity contribution in [2.75, 3.05) is 34.3 Å². The van der Waals surface area contributed by atoms with Crippen LogP contribution in [0.5, 0.6) is 17.2 Å². The first-order valence-electron chi connectivity index (χ1n) is 11.5. The molecule has 194 valence electrons. The second-order valence-corrected chi connectivity index (χ2v) is 9.83. The van der Waals surface area contributed by atoms with E-state index >= 15 is 0 Å². The number of nitrogens with zero attached hydrogens (tertiary/aromatic N) is 4. The molecule has 0 aliphatic carbocycles. The van der Waals surface area contributed by atoms with E-state index in [-0.39, 0.29) is 23.0 Å². The minimum atomic E-state index is -4.71. The quantitative estimate of drug-likeness (QED) is 0.481. The van der Waals surface area contributed by atoms with Crippen LogP contribution in [0.2, 0.25) is 0 Å². The number of hydrogen-bond donors (Lipinski definition) is 0. The first-order valence-corrected chi connectivity index (χ1v) is 12.3. The Morgan fingerprint density at radius 1 is 1.14 bits per heavy atom. The lowest BCUT2D eigenvalue weighted by molar-refractivity contribution is -0.138. The van der Waals surface area contributed by atoms with Crippen molar-refractivity contribution in [3.63, 3.8) is 0 Å². The van der Waals surface area contributed by atoms with Crippen molar-refractivity contribution < 1.29 is 27.4 Å². The number of aliphatic imine (C=N–C) groups is 1. The molecule has 1 saturated heterocycles. The van der Waals surface area contributed by atoms with Gasteiger partial charge in [-0.2, -0.15) is 23.4 Å². The van der Waals surface area contributed by atoms with E-state index in [1.54, 1.807) is 24.3 Å². The van der Waals surface area contributed by atoms with E-state index in [1.165, 1.54) is 31.0 Å². The Morgan fingerprint density at radius 2 is 1.84 bits per heavy atom. The highest BCUT2D eigenvalue weighted by Gasteiger charge is 2.35. The lowest BCUT2D eigenvalue weighted by atomic mass is 10.1. The standard InChI is InChI=1S/C26H25F3N4O3S/c1-32(2)18-8-10-33(11-9-18)25-31-24(34)23(37-25)14-16-4-7-21(22(13-16)35-3)36-20-6-5-17(15-30)12-19(20)26(27,28)29/h4-7,12-14,18H,8-11H2,1-3H3. The highest BCUT2D eigenvalue weighted by molar-refractivity contribution is 8.18. The highest BCUT2D eigenvalue weighted by Crippen LogP contribution is 2.41. The molecule has 0 unspecified atom stereocenters. The molecule has 2 aliphatic heterocycles. The van der Waals surface area contributed by atoms with Gasteiger partial charge in [0.25, 0.3) is 5.91 Å². The SMILES string of the molecule is COc1cc(C=C2SC(N3CCC(N(C)C)CC3)=NC2=O)ccc1Oc1ccc(C#N)cc1C(F)(F)F. The average molecular weight is 531 g/mol. The lowest BCUT2D eigenvalue weighted by Crippen LogP contribution is -2.43. The fraction of sp³-hybridized carbons (Fsp3) is 0.346. The molecule has 7 nitrogen and oxygen atoms in total. The summed E-state index contributed by atoms with van der Waals surface area (Å²) in [7, 11) is 5.50. The number of alkyl halides is 3. The number of likely N-dealkylation sites (tertiary alicyclic amines) is 1. The number of carbonyl (C=O) groups is 1. The second kappa shape index (κ2) is 10.9. The van der Waals surface area contributed by atoms with Gasteiger partial charge in [0.15, 0.2) is 16.7 Å². The van der Waals surface area contributed by atoms with Crippen molar-refractivity contribution in [2.45, 2.75) is 25.1 Å². The number of benzene rings is 2. The maximum atomic E-state index is 13.5. The zero-order valence-electron chi connectivity index (χ0n) is 20.5. The van der Waals surface area contributed by atoms with Crippen LogP contribution in [0.3, 0.4) is 0 Å². The van der Waals surface area contributed by atoms with E-state index in [1.807, 2.05) is 0 Å². The van der Waals surface area contributed by atoms with Gasteiger partial charge in [0, 0.05) is 19.1 Å². The molecule has 1 amide bonds. The van der Waals surface area contributed by atoms with E-state index in [0.717, 1.165) is 38.1 Å². The predicted molar refractivity (Wildman–Crippen MR) is 136 cm³/mol. The van der Waals surface area contributed by atoms with Crippen LogP contribution in [-0.2, 0) is 11.0 Å². The molecule has 11 heteroatoms. The number of hydrogen-bond acceptors (Lipinski definition) is 7. The van der Waals surface area contributed by atoms with Gasteiger partial charge in [-0.15, -0.1) is 0 Å². The van der Waals surface area contributed by atoms with Crippen molar-refractivity contribution >= 4 is 28.9 Å². The zero-order valence-corrected chi connectivity index (χ0v) is 21.3. The highest BCUT2D eigenvalue weighted by atomic mass is 32.2. The number of amides is 1. The Balaban J connectivity index is 1.51. The molecular weight excluding hydrogens is 505 g/mol. The van der Waals surface area contributed by atoms with E-state index < -0.39 is 17.5 Å². The summed E-state index contributed by atoms with van der Waals surface area (Å²) in [5.74, 6) is -0.532. The van der Waals surface area contributed by atoms with Gasteiger partial charge >= 0.3 is 6.18 Å². The number of amidine groups is 1. The molecule has 0 radical (unpaired) electrons. The van der Waals surface area contributed by atoms with E-state index in [2.05, 4.69) is 28.9 Å². The summed E-state index contributed by atoms with van der Waals surface area (Å²) in [5, 5.41) is 9.64. The Morgan fingerprint density at radius 3 is 2.46 bits per heavy atom.